The van der Waals surface area contributed by atoms with E-state index in [4.69, 9.17) is 24.7 Å². The molecule has 0 aromatic carbocycles. The predicted octanol–water partition coefficient (Wildman–Crippen LogP) is 0.322. The van der Waals surface area contributed by atoms with E-state index in [1.807, 2.05) is 6.92 Å². The molecule has 8 heteroatoms. The van der Waals surface area contributed by atoms with Gasteiger partial charge in [0.15, 0.2) is 5.69 Å². The summed E-state index contributed by atoms with van der Waals surface area (Å²) in [6, 6.07) is 0. The van der Waals surface area contributed by atoms with Crippen LogP contribution < -0.4 is 5.73 Å². The van der Waals surface area contributed by atoms with E-state index in [1.165, 1.54) is 0 Å². The van der Waals surface area contributed by atoms with Gasteiger partial charge < -0.3 is 24.7 Å². The number of ether oxygens (including phenoxy) is 4. The highest BCUT2D eigenvalue weighted by molar-refractivity contribution is 5.92. The average molecular weight is 301 g/mol. The normalized spacial score (nSPS) is 10.8. The van der Waals surface area contributed by atoms with Crippen LogP contribution >= 0.6 is 0 Å². The Morgan fingerprint density at radius 2 is 1.81 bits per heavy atom. The smallest absolute Gasteiger partial charge is 0.361 e. The van der Waals surface area contributed by atoms with Crippen LogP contribution in [0.4, 0.5) is 5.69 Å². The van der Waals surface area contributed by atoms with Crippen molar-refractivity contribution in [1.29, 1.82) is 0 Å². The second-order valence-electron chi connectivity index (χ2n) is 4.14. The summed E-state index contributed by atoms with van der Waals surface area (Å²) in [5.41, 5.74) is 6.14. The second kappa shape index (κ2) is 10.1. The Balaban J connectivity index is 2.09. The lowest BCUT2D eigenvalue weighted by molar-refractivity contribution is 0.00550. The van der Waals surface area contributed by atoms with Crippen molar-refractivity contribution in [3.05, 3.63) is 11.9 Å². The molecule has 1 rings (SSSR count). The third kappa shape index (κ3) is 6.56. The van der Waals surface area contributed by atoms with Gasteiger partial charge >= 0.3 is 5.97 Å². The molecule has 1 aromatic heterocycles. The van der Waals surface area contributed by atoms with Crippen molar-refractivity contribution < 1.29 is 23.7 Å². The zero-order valence-corrected chi connectivity index (χ0v) is 12.5. The molecule has 2 N–H and O–H groups in total. The highest BCUT2D eigenvalue weighted by atomic mass is 16.6. The van der Waals surface area contributed by atoms with Crippen molar-refractivity contribution in [2.75, 3.05) is 52.5 Å². The minimum absolute atomic E-state index is 0.139. The number of esters is 1. The molecule has 0 unspecified atom stereocenters. The number of hydrogen-bond donors (Lipinski definition) is 1. The Kier molecular flexibility index (Phi) is 8.41. The minimum atomic E-state index is -0.542. The molecule has 0 aliphatic carbocycles. The first-order chi connectivity index (χ1) is 10.2. The Morgan fingerprint density at radius 1 is 1.19 bits per heavy atom. The van der Waals surface area contributed by atoms with Gasteiger partial charge in [-0.1, -0.05) is 0 Å². The predicted molar refractivity (Wildman–Crippen MR) is 76.1 cm³/mol. The number of carbonyl (C=O) groups excluding carboxylic acids is 1. The number of aromatic nitrogens is 2. The van der Waals surface area contributed by atoms with Gasteiger partial charge in [0.2, 0.25) is 0 Å². The highest BCUT2D eigenvalue weighted by Crippen LogP contribution is 2.10. The van der Waals surface area contributed by atoms with Crippen molar-refractivity contribution in [3.8, 4) is 0 Å². The van der Waals surface area contributed by atoms with Gasteiger partial charge in [0.25, 0.3) is 0 Å². The van der Waals surface area contributed by atoms with Crippen molar-refractivity contribution in [2.45, 2.75) is 13.5 Å². The second-order valence-corrected chi connectivity index (χ2v) is 4.14. The molecule has 0 radical (unpaired) electrons. The van der Waals surface area contributed by atoms with Crippen LogP contribution in [0.15, 0.2) is 6.20 Å². The number of anilines is 1. The van der Waals surface area contributed by atoms with E-state index >= 15 is 0 Å². The quantitative estimate of drug-likeness (QED) is 0.464. The van der Waals surface area contributed by atoms with E-state index < -0.39 is 5.97 Å². The molecule has 0 bridgehead atoms. The lowest BCUT2D eigenvalue weighted by Gasteiger charge is -2.06. The maximum atomic E-state index is 11.7. The molecule has 0 amide bonds. The van der Waals surface area contributed by atoms with Crippen LogP contribution in [-0.2, 0) is 25.5 Å². The van der Waals surface area contributed by atoms with Crippen molar-refractivity contribution in [3.63, 3.8) is 0 Å². The summed E-state index contributed by atoms with van der Waals surface area (Å²) in [6.07, 6.45) is 1.60. The maximum absolute atomic E-state index is 11.7. The highest BCUT2D eigenvalue weighted by Gasteiger charge is 2.15. The zero-order chi connectivity index (χ0) is 15.5. The summed E-state index contributed by atoms with van der Waals surface area (Å²) in [7, 11) is 1.62. The molecule has 1 aromatic rings. The molecule has 0 spiro atoms. The Morgan fingerprint density at radius 3 is 2.38 bits per heavy atom. The van der Waals surface area contributed by atoms with Gasteiger partial charge in [-0.25, -0.2) is 4.79 Å². The lowest BCUT2D eigenvalue weighted by Crippen LogP contribution is -2.15. The van der Waals surface area contributed by atoms with Crippen LogP contribution in [0, 0.1) is 0 Å². The SMILES string of the molecule is CCn1cc(N)c(C(=O)OCCOCCOCCOC)n1. The first-order valence-corrected chi connectivity index (χ1v) is 6.83. The summed E-state index contributed by atoms with van der Waals surface area (Å²) < 4.78 is 21.9. The molecule has 0 saturated carbocycles. The van der Waals surface area contributed by atoms with Crippen LogP contribution in [0.25, 0.3) is 0 Å². The first-order valence-electron chi connectivity index (χ1n) is 6.83. The average Bonchev–Trinajstić information content (AvgIpc) is 2.86. The van der Waals surface area contributed by atoms with E-state index in [0.717, 1.165) is 0 Å². The third-order valence-electron chi connectivity index (χ3n) is 2.57. The molecule has 8 nitrogen and oxygen atoms in total. The van der Waals surface area contributed by atoms with E-state index in [0.29, 0.717) is 45.3 Å². The van der Waals surface area contributed by atoms with Gasteiger partial charge in [0.1, 0.15) is 6.61 Å². The van der Waals surface area contributed by atoms with Crippen molar-refractivity contribution in [1.82, 2.24) is 9.78 Å². The largest absolute Gasteiger partial charge is 0.458 e. The topological polar surface area (TPSA) is 97.8 Å². The van der Waals surface area contributed by atoms with Crippen molar-refractivity contribution in [2.24, 2.45) is 0 Å². The van der Waals surface area contributed by atoms with Gasteiger partial charge in [-0.05, 0) is 6.92 Å². The minimum Gasteiger partial charge on any atom is -0.458 e. The standard InChI is InChI=1S/C13H23N3O5/c1-3-16-10-11(14)12(15-16)13(17)21-9-8-20-7-6-19-5-4-18-2/h10H,3-9,14H2,1-2H3. The molecular weight excluding hydrogens is 278 g/mol. The van der Waals surface area contributed by atoms with Gasteiger partial charge in [0.05, 0.1) is 38.7 Å². The molecule has 21 heavy (non-hydrogen) atoms. The van der Waals surface area contributed by atoms with E-state index in [2.05, 4.69) is 5.10 Å². The van der Waals surface area contributed by atoms with Gasteiger partial charge in [-0.2, -0.15) is 5.10 Å². The number of carbonyl (C=O) groups is 1. The lowest BCUT2D eigenvalue weighted by atomic mass is 10.4. The summed E-state index contributed by atoms with van der Waals surface area (Å²) in [5, 5.41) is 4.03. The van der Waals surface area contributed by atoms with Crippen LogP contribution in [0.5, 0.6) is 0 Å². The number of hydrogen-bond acceptors (Lipinski definition) is 7. The van der Waals surface area contributed by atoms with Crippen molar-refractivity contribution >= 4 is 11.7 Å². The fraction of sp³-hybridized carbons (Fsp3) is 0.692. The fourth-order valence-electron chi connectivity index (χ4n) is 1.48. The molecular formula is C13H23N3O5. The monoisotopic (exact) mass is 301 g/mol. The molecule has 0 atom stereocenters. The maximum Gasteiger partial charge on any atom is 0.361 e. The summed E-state index contributed by atoms with van der Waals surface area (Å²) in [6.45, 7) is 5.01. The Hall–Kier alpha value is -1.64. The number of methoxy groups -OCH3 is 1. The first kappa shape index (κ1) is 17.4. The molecule has 0 aliphatic rings. The fourth-order valence-corrected chi connectivity index (χ4v) is 1.48. The van der Waals surface area contributed by atoms with Crippen LogP contribution in [0.1, 0.15) is 17.4 Å². The van der Waals surface area contributed by atoms with Gasteiger partial charge in [-0.15, -0.1) is 0 Å². The van der Waals surface area contributed by atoms with E-state index in [1.54, 1.807) is 18.0 Å². The number of aryl methyl sites for hydroxylation is 1. The van der Waals surface area contributed by atoms with Gasteiger partial charge in [0, 0.05) is 19.9 Å². The molecule has 120 valence electrons. The number of nitrogens with zero attached hydrogens (tertiary/aromatic N) is 2. The number of nitrogens with two attached hydrogens (primary N) is 1. The van der Waals surface area contributed by atoms with Crippen LogP contribution in [-0.4, -0.2) is 62.5 Å². The number of rotatable bonds is 11. The Bertz CT molecular complexity index is 422. The Labute approximate surface area is 124 Å². The summed E-state index contributed by atoms with van der Waals surface area (Å²) in [4.78, 5) is 11.7. The molecule has 0 aliphatic heterocycles. The van der Waals surface area contributed by atoms with Gasteiger partial charge in [-0.3, -0.25) is 4.68 Å². The molecule has 1 heterocycles. The van der Waals surface area contributed by atoms with Crippen LogP contribution in [0.3, 0.4) is 0 Å². The number of nitrogen functional groups attached to an aromatic ring is 1. The zero-order valence-electron chi connectivity index (χ0n) is 12.5. The van der Waals surface area contributed by atoms with E-state index in [-0.39, 0.29) is 12.3 Å². The summed E-state index contributed by atoms with van der Waals surface area (Å²) >= 11 is 0. The van der Waals surface area contributed by atoms with Crippen LogP contribution in [0.2, 0.25) is 0 Å². The summed E-state index contributed by atoms with van der Waals surface area (Å²) in [5.74, 6) is -0.542. The third-order valence-corrected chi connectivity index (χ3v) is 2.57. The molecule has 0 fully saturated rings. The van der Waals surface area contributed by atoms with E-state index in [9.17, 15) is 4.79 Å². The molecule has 0 saturated heterocycles.